The van der Waals surface area contributed by atoms with Gasteiger partial charge in [-0.15, -0.1) is 0 Å². The van der Waals surface area contributed by atoms with Gasteiger partial charge in [0.15, 0.2) is 0 Å². The Hall–Kier alpha value is -3.68. The monoisotopic (exact) mass is 486 g/mol. The summed E-state index contributed by atoms with van der Waals surface area (Å²) in [4.78, 5) is 38.9. The number of halogens is 3. The number of benzene rings is 1. The maximum Gasteiger partial charge on any atom is 0.417 e. The van der Waals surface area contributed by atoms with Gasteiger partial charge in [-0.2, -0.15) is 18.4 Å². The standard InChI is InChI=1S/C24H25F3N6O2/c1-31(2)21(34)19-14-33(17-5-4-16(13-28)18(12-17)24(25,26)27)15-23(19)6-10-32(11-7-23)22(35)20-29-8-3-9-30-20/h3-5,8-9,12,19H,6-7,10-11,14-15H2,1-2H3. The first-order valence-electron chi connectivity index (χ1n) is 11.2. The fraction of sp³-hybridized carbons (Fsp3) is 0.458. The van der Waals surface area contributed by atoms with Crippen LogP contribution < -0.4 is 4.90 Å². The SMILES string of the molecule is CN(C)C(=O)C1CN(c2ccc(C#N)c(C(F)(F)F)c2)CC12CCN(C(=O)c1ncccn1)CC2. The van der Waals surface area contributed by atoms with Crippen LogP contribution in [0.2, 0.25) is 0 Å². The number of likely N-dealkylation sites (tertiary alicyclic amines) is 1. The summed E-state index contributed by atoms with van der Waals surface area (Å²) in [6.07, 6.45) is -0.621. The van der Waals surface area contributed by atoms with Gasteiger partial charge in [0.2, 0.25) is 11.7 Å². The number of anilines is 1. The van der Waals surface area contributed by atoms with E-state index in [1.54, 1.807) is 36.0 Å². The fourth-order valence-corrected chi connectivity index (χ4v) is 5.09. The smallest absolute Gasteiger partial charge is 0.370 e. The van der Waals surface area contributed by atoms with E-state index in [0.29, 0.717) is 38.2 Å². The third-order valence-electron chi connectivity index (χ3n) is 6.98. The Balaban J connectivity index is 1.60. The van der Waals surface area contributed by atoms with E-state index >= 15 is 0 Å². The van der Waals surface area contributed by atoms with Crippen LogP contribution in [-0.2, 0) is 11.0 Å². The maximum atomic E-state index is 13.5. The lowest BCUT2D eigenvalue weighted by Gasteiger charge is -2.42. The second-order valence-electron chi connectivity index (χ2n) is 9.23. The number of piperidine rings is 1. The zero-order chi connectivity index (χ0) is 25.4. The number of carbonyl (C=O) groups is 2. The minimum absolute atomic E-state index is 0.0941. The van der Waals surface area contributed by atoms with Crippen molar-refractivity contribution in [2.45, 2.75) is 19.0 Å². The van der Waals surface area contributed by atoms with E-state index < -0.39 is 28.6 Å². The number of hydrogen-bond donors (Lipinski definition) is 0. The van der Waals surface area contributed by atoms with E-state index in [9.17, 15) is 22.8 Å². The Bertz CT molecular complexity index is 1150. The summed E-state index contributed by atoms with van der Waals surface area (Å²) in [5.41, 5.74) is -1.61. The highest BCUT2D eigenvalue weighted by Crippen LogP contribution is 2.47. The molecular weight excluding hydrogens is 461 g/mol. The first kappa shape index (κ1) is 24.4. The molecule has 2 aliphatic rings. The van der Waals surface area contributed by atoms with E-state index in [2.05, 4.69) is 9.97 Å². The van der Waals surface area contributed by atoms with Gasteiger partial charge in [0.25, 0.3) is 5.91 Å². The van der Waals surface area contributed by atoms with Crippen LogP contribution >= 0.6 is 0 Å². The molecule has 4 rings (SSSR count). The predicted octanol–water partition coefficient (Wildman–Crippen LogP) is 2.81. The number of nitriles is 1. The number of nitrogens with zero attached hydrogens (tertiary/aromatic N) is 6. The van der Waals surface area contributed by atoms with Crippen molar-refractivity contribution in [3.63, 3.8) is 0 Å². The molecule has 3 heterocycles. The Kier molecular flexibility index (Phi) is 6.40. The molecule has 0 aliphatic carbocycles. The van der Waals surface area contributed by atoms with Crippen LogP contribution in [0.25, 0.3) is 0 Å². The largest absolute Gasteiger partial charge is 0.417 e. The first-order chi connectivity index (χ1) is 16.6. The average Bonchev–Trinajstić information content (AvgIpc) is 3.21. The molecule has 184 valence electrons. The zero-order valence-electron chi connectivity index (χ0n) is 19.4. The summed E-state index contributed by atoms with van der Waals surface area (Å²) in [5.74, 6) is -0.710. The third kappa shape index (κ3) is 4.65. The number of hydrogen-bond acceptors (Lipinski definition) is 6. The van der Waals surface area contributed by atoms with Gasteiger partial charge >= 0.3 is 6.18 Å². The van der Waals surface area contributed by atoms with E-state index in [4.69, 9.17) is 5.26 Å². The van der Waals surface area contributed by atoms with Crippen LogP contribution in [0.4, 0.5) is 18.9 Å². The predicted molar refractivity (Wildman–Crippen MR) is 120 cm³/mol. The van der Waals surface area contributed by atoms with Crippen LogP contribution in [0.5, 0.6) is 0 Å². The molecule has 8 nitrogen and oxygen atoms in total. The van der Waals surface area contributed by atoms with Crippen molar-refractivity contribution in [1.29, 1.82) is 5.26 Å². The van der Waals surface area contributed by atoms with Gasteiger partial charge in [0.1, 0.15) is 0 Å². The normalized spacial score (nSPS) is 19.5. The number of alkyl halides is 3. The first-order valence-corrected chi connectivity index (χ1v) is 11.2. The molecule has 11 heteroatoms. The second kappa shape index (κ2) is 9.17. The van der Waals surface area contributed by atoms with Crippen molar-refractivity contribution in [2.75, 3.05) is 45.2 Å². The van der Waals surface area contributed by atoms with Gasteiger partial charge < -0.3 is 14.7 Å². The molecule has 2 saturated heterocycles. The van der Waals surface area contributed by atoms with Gasteiger partial charge in [-0.25, -0.2) is 9.97 Å². The molecule has 2 fully saturated rings. The van der Waals surface area contributed by atoms with Crippen molar-refractivity contribution >= 4 is 17.5 Å². The molecule has 0 radical (unpaired) electrons. The number of carbonyl (C=O) groups excluding carboxylic acids is 2. The van der Waals surface area contributed by atoms with Crippen molar-refractivity contribution in [3.8, 4) is 6.07 Å². The Labute approximate surface area is 201 Å². The lowest BCUT2D eigenvalue weighted by molar-refractivity contribution is -0.138. The maximum absolute atomic E-state index is 13.5. The molecule has 0 N–H and O–H groups in total. The lowest BCUT2D eigenvalue weighted by Crippen LogP contribution is -2.49. The molecule has 2 aromatic rings. The highest BCUT2D eigenvalue weighted by molar-refractivity contribution is 5.90. The van der Waals surface area contributed by atoms with E-state index in [0.717, 1.165) is 6.07 Å². The third-order valence-corrected chi connectivity index (χ3v) is 6.98. The van der Waals surface area contributed by atoms with Crippen LogP contribution in [0.1, 0.15) is 34.6 Å². The Morgan fingerprint density at radius 1 is 1.17 bits per heavy atom. The van der Waals surface area contributed by atoms with Gasteiger partial charge in [0, 0.05) is 63.8 Å². The van der Waals surface area contributed by atoms with Gasteiger partial charge in [-0.1, -0.05) is 0 Å². The van der Waals surface area contributed by atoms with Crippen molar-refractivity contribution in [2.24, 2.45) is 11.3 Å². The van der Waals surface area contributed by atoms with Gasteiger partial charge in [-0.3, -0.25) is 9.59 Å². The number of amides is 2. The van der Waals surface area contributed by atoms with E-state index in [-0.39, 0.29) is 24.2 Å². The molecule has 0 bridgehead atoms. The molecule has 35 heavy (non-hydrogen) atoms. The van der Waals surface area contributed by atoms with Gasteiger partial charge in [-0.05, 0) is 37.1 Å². The molecule has 0 saturated carbocycles. The van der Waals surface area contributed by atoms with Crippen LogP contribution in [0.3, 0.4) is 0 Å². The topological polar surface area (TPSA) is 93.4 Å². The second-order valence-corrected chi connectivity index (χ2v) is 9.23. The molecular formula is C24H25F3N6O2. The summed E-state index contributed by atoms with van der Waals surface area (Å²) in [5, 5.41) is 9.11. The minimum atomic E-state index is -4.66. The van der Waals surface area contributed by atoms with Crippen LogP contribution in [0.15, 0.2) is 36.7 Å². The number of aromatic nitrogens is 2. The number of rotatable bonds is 3. The quantitative estimate of drug-likeness (QED) is 0.663. The van der Waals surface area contributed by atoms with Gasteiger partial charge in [0.05, 0.1) is 23.1 Å². The summed E-state index contributed by atoms with van der Waals surface area (Å²) < 4.78 is 40.6. The fourth-order valence-electron chi connectivity index (χ4n) is 5.09. The minimum Gasteiger partial charge on any atom is -0.370 e. The van der Waals surface area contributed by atoms with E-state index in [1.807, 2.05) is 0 Å². The van der Waals surface area contributed by atoms with E-state index in [1.165, 1.54) is 29.4 Å². The molecule has 1 unspecified atom stereocenters. The summed E-state index contributed by atoms with van der Waals surface area (Å²) in [6.45, 7) is 1.42. The Morgan fingerprint density at radius 2 is 1.83 bits per heavy atom. The molecule has 2 amide bonds. The molecule has 1 aromatic heterocycles. The zero-order valence-corrected chi connectivity index (χ0v) is 19.4. The van der Waals surface area contributed by atoms with Crippen molar-refractivity contribution in [1.82, 2.24) is 19.8 Å². The Morgan fingerprint density at radius 3 is 2.40 bits per heavy atom. The summed E-state index contributed by atoms with van der Waals surface area (Å²) >= 11 is 0. The summed E-state index contributed by atoms with van der Waals surface area (Å²) in [6, 6.07) is 6.88. The average molecular weight is 486 g/mol. The van der Waals surface area contributed by atoms with Crippen LogP contribution in [-0.4, -0.2) is 71.9 Å². The molecule has 1 atom stereocenters. The highest BCUT2D eigenvalue weighted by Gasteiger charge is 2.52. The summed E-state index contributed by atoms with van der Waals surface area (Å²) in [7, 11) is 3.32. The van der Waals surface area contributed by atoms with Crippen molar-refractivity contribution < 1.29 is 22.8 Å². The molecule has 1 aromatic carbocycles. The lowest BCUT2D eigenvalue weighted by atomic mass is 9.70. The molecule has 1 spiro atoms. The highest BCUT2D eigenvalue weighted by atomic mass is 19.4. The van der Waals surface area contributed by atoms with Crippen LogP contribution in [0, 0.1) is 22.7 Å². The molecule has 2 aliphatic heterocycles. The van der Waals surface area contributed by atoms with Crippen molar-refractivity contribution in [3.05, 3.63) is 53.6 Å².